The molecule has 1 aromatic carbocycles. The molecule has 0 aliphatic heterocycles. The summed E-state index contributed by atoms with van der Waals surface area (Å²) in [5, 5.41) is 3.31. The van der Waals surface area contributed by atoms with E-state index < -0.39 is 23.4 Å². The molecule has 106 valence electrons. The second kappa shape index (κ2) is 4.02. The first-order chi connectivity index (χ1) is 9.32. The van der Waals surface area contributed by atoms with E-state index in [1.165, 1.54) is 12.1 Å². The van der Waals surface area contributed by atoms with Crippen LogP contribution < -0.4 is 5.73 Å². The second-order valence-corrected chi connectivity index (χ2v) is 4.66. The normalized spacial score (nSPS) is 22.1. The molecule has 3 rings (SSSR count). The zero-order chi connectivity index (χ0) is 14.5. The monoisotopic (exact) mass is 287 g/mol. The van der Waals surface area contributed by atoms with Crippen molar-refractivity contribution in [1.82, 2.24) is 10.1 Å². The number of nitrogens with two attached hydrogens (primary N) is 1. The minimum Gasteiger partial charge on any atom is -0.329 e. The number of nitrogens with zero attached hydrogens (tertiary/aromatic N) is 2. The van der Waals surface area contributed by atoms with Crippen molar-refractivity contribution in [2.75, 3.05) is 0 Å². The van der Waals surface area contributed by atoms with Crippen LogP contribution in [-0.4, -0.2) is 10.1 Å². The van der Waals surface area contributed by atoms with Crippen LogP contribution in [0.5, 0.6) is 0 Å². The highest BCUT2D eigenvalue weighted by atomic mass is 19.4. The van der Waals surface area contributed by atoms with Gasteiger partial charge in [0, 0.05) is 0 Å². The van der Waals surface area contributed by atoms with Gasteiger partial charge >= 0.3 is 12.1 Å². The van der Waals surface area contributed by atoms with E-state index in [-0.39, 0.29) is 12.2 Å². The summed E-state index contributed by atoms with van der Waals surface area (Å²) < 4.78 is 55.3. The van der Waals surface area contributed by atoms with Crippen LogP contribution in [0.15, 0.2) is 22.7 Å². The van der Waals surface area contributed by atoms with Crippen LogP contribution in [0.1, 0.15) is 29.3 Å². The van der Waals surface area contributed by atoms with Crippen LogP contribution in [0.25, 0.3) is 0 Å². The lowest BCUT2D eigenvalue weighted by molar-refractivity contribution is -0.159. The van der Waals surface area contributed by atoms with E-state index in [0.29, 0.717) is 17.5 Å². The fraction of sp³-hybridized carbons (Fsp3) is 0.333. The van der Waals surface area contributed by atoms with Crippen molar-refractivity contribution in [2.24, 2.45) is 5.73 Å². The van der Waals surface area contributed by atoms with Crippen molar-refractivity contribution in [1.29, 1.82) is 0 Å². The van der Waals surface area contributed by atoms with Crippen molar-refractivity contribution in [2.45, 2.75) is 24.6 Å². The lowest BCUT2D eigenvalue weighted by atomic mass is 9.92. The molecule has 1 heterocycles. The molecule has 8 heteroatoms. The summed E-state index contributed by atoms with van der Waals surface area (Å²) in [5.74, 6) is -2.18. The molecule has 0 amide bonds. The minimum absolute atomic E-state index is 0.222. The van der Waals surface area contributed by atoms with Gasteiger partial charge < -0.3 is 10.3 Å². The number of alkyl halides is 3. The van der Waals surface area contributed by atoms with Crippen LogP contribution in [0.2, 0.25) is 0 Å². The number of halogens is 4. The van der Waals surface area contributed by atoms with Gasteiger partial charge in [-0.2, -0.15) is 18.2 Å². The summed E-state index contributed by atoms with van der Waals surface area (Å²) >= 11 is 0. The summed E-state index contributed by atoms with van der Waals surface area (Å²) in [6.45, 7) is 0. The van der Waals surface area contributed by atoms with E-state index in [0.717, 1.165) is 0 Å². The number of hydrogen-bond acceptors (Lipinski definition) is 4. The Bertz CT molecular complexity index is 667. The smallest absolute Gasteiger partial charge is 0.329 e. The molecule has 1 unspecified atom stereocenters. The summed E-state index contributed by atoms with van der Waals surface area (Å²) in [6.07, 6.45) is -4.19. The average molecular weight is 287 g/mol. The molecule has 0 spiro atoms. The Labute approximate surface area is 110 Å². The van der Waals surface area contributed by atoms with E-state index in [2.05, 4.69) is 14.7 Å². The third kappa shape index (κ3) is 1.79. The predicted octanol–water partition coefficient (Wildman–Crippen LogP) is 2.38. The summed E-state index contributed by atoms with van der Waals surface area (Å²) in [5.41, 5.74) is 5.52. The molecule has 1 atom stereocenters. The van der Waals surface area contributed by atoms with Gasteiger partial charge in [0.2, 0.25) is 0 Å². The van der Waals surface area contributed by atoms with Gasteiger partial charge in [0.25, 0.3) is 0 Å². The summed E-state index contributed by atoms with van der Waals surface area (Å²) in [4.78, 5) is 3.31. The van der Waals surface area contributed by atoms with E-state index in [1.807, 2.05) is 0 Å². The van der Waals surface area contributed by atoms with Crippen molar-refractivity contribution >= 4 is 0 Å². The van der Waals surface area contributed by atoms with Gasteiger partial charge in [-0.1, -0.05) is 17.3 Å². The molecule has 2 aromatic rings. The van der Waals surface area contributed by atoms with Gasteiger partial charge in [-0.25, -0.2) is 4.39 Å². The Morgan fingerprint density at radius 2 is 2.05 bits per heavy atom. The highest BCUT2D eigenvalue weighted by Crippen LogP contribution is 2.40. The standard InChI is InChI=1S/C12H9F4N3O/c13-8-3-1-2-7-6(8)4-5-11(7,17)9-18-10(20-19-9)12(14,15)16/h1-3H,4-5,17H2. The molecule has 4 nitrogen and oxygen atoms in total. The molecule has 0 saturated carbocycles. The Morgan fingerprint density at radius 3 is 2.70 bits per heavy atom. The second-order valence-electron chi connectivity index (χ2n) is 4.66. The third-order valence-electron chi connectivity index (χ3n) is 3.44. The predicted molar refractivity (Wildman–Crippen MR) is 59.0 cm³/mol. The first-order valence-corrected chi connectivity index (χ1v) is 5.80. The average Bonchev–Trinajstić information content (AvgIpc) is 2.96. The molecule has 0 saturated heterocycles. The Balaban J connectivity index is 2.08. The first-order valence-electron chi connectivity index (χ1n) is 5.80. The van der Waals surface area contributed by atoms with Crippen molar-refractivity contribution in [3.63, 3.8) is 0 Å². The molecular weight excluding hydrogens is 278 g/mol. The van der Waals surface area contributed by atoms with Crippen molar-refractivity contribution < 1.29 is 22.1 Å². The first kappa shape index (κ1) is 13.0. The molecule has 1 aliphatic carbocycles. The topological polar surface area (TPSA) is 64.9 Å². The number of benzene rings is 1. The van der Waals surface area contributed by atoms with Gasteiger partial charge in [0.1, 0.15) is 11.4 Å². The van der Waals surface area contributed by atoms with E-state index in [1.54, 1.807) is 6.07 Å². The fourth-order valence-electron chi connectivity index (χ4n) is 2.44. The van der Waals surface area contributed by atoms with Gasteiger partial charge in [0.05, 0.1) is 0 Å². The zero-order valence-electron chi connectivity index (χ0n) is 10.0. The lowest BCUT2D eigenvalue weighted by Gasteiger charge is -2.20. The maximum absolute atomic E-state index is 13.6. The quantitative estimate of drug-likeness (QED) is 0.818. The number of aromatic nitrogens is 2. The highest BCUT2D eigenvalue weighted by molar-refractivity contribution is 5.43. The van der Waals surface area contributed by atoms with Crippen molar-refractivity contribution in [3.05, 3.63) is 46.9 Å². The third-order valence-corrected chi connectivity index (χ3v) is 3.44. The van der Waals surface area contributed by atoms with Crippen LogP contribution in [0.4, 0.5) is 17.6 Å². The molecule has 20 heavy (non-hydrogen) atoms. The van der Waals surface area contributed by atoms with Gasteiger partial charge in [-0.15, -0.1) is 0 Å². The SMILES string of the molecule is NC1(c2noc(C(F)(F)F)n2)CCc2c(F)cccc21. The molecule has 0 fully saturated rings. The fourth-order valence-corrected chi connectivity index (χ4v) is 2.44. The number of rotatable bonds is 1. The molecule has 2 N–H and O–H groups in total. The molecule has 0 bridgehead atoms. The van der Waals surface area contributed by atoms with E-state index >= 15 is 0 Å². The Hall–Kier alpha value is -1.96. The largest absolute Gasteiger partial charge is 0.471 e. The van der Waals surface area contributed by atoms with Crippen LogP contribution in [0, 0.1) is 5.82 Å². The van der Waals surface area contributed by atoms with Gasteiger partial charge in [-0.3, -0.25) is 0 Å². The van der Waals surface area contributed by atoms with Gasteiger partial charge in [-0.05, 0) is 30.0 Å². The van der Waals surface area contributed by atoms with Gasteiger partial charge in [0.15, 0.2) is 5.82 Å². The molecule has 0 radical (unpaired) electrons. The maximum atomic E-state index is 13.6. The molecule has 1 aliphatic rings. The van der Waals surface area contributed by atoms with Crippen molar-refractivity contribution in [3.8, 4) is 0 Å². The van der Waals surface area contributed by atoms with Crippen LogP contribution >= 0.6 is 0 Å². The Morgan fingerprint density at radius 1 is 1.30 bits per heavy atom. The lowest BCUT2D eigenvalue weighted by Crippen LogP contribution is -2.36. The summed E-state index contributed by atoms with van der Waals surface area (Å²) in [6, 6.07) is 4.29. The maximum Gasteiger partial charge on any atom is 0.471 e. The number of fused-ring (bicyclic) bond motifs is 1. The highest BCUT2D eigenvalue weighted by Gasteiger charge is 2.45. The van der Waals surface area contributed by atoms with E-state index in [4.69, 9.17) is 5.73 Å². The van der Waals surface area contributed by atoms with Crippen LogP contribution in [-0.2, 0) is 18.1 Å². The summed E-state index contributed by atoms with van der Waals surface area (Å²) in [7, 11) is 0. The Kier molecular flexibility index (Phi) is 2.62. The molecular formula is C12H9F4N3O. The minimum atomic E-state index is -4.73. The zero-order valence-corrected chi connectivity index (χ0v) is 10.0. The van der Waals surface area contributed by atoms with E-state index in [9.17, 15) is 17.6 Å². The molecule has 1 aromatic heterocycles. The number of hydrogen-bond donors (Lipinski definition) is 1. The van der Waals surface area contributed by atoms with Crippen LogP contribution in [0.3, 0.4) is 0 Å².